The molecule has 1 aliphatic rings. The quantitative estimate of drug-likeness (QED) is 0.287. The number of phenols is 4. The van der Waals surface area contributed by atoms with Crippen LogP contribution in [0.3, 0.4) is 0 Å². The molecule has 0 bridgehead atoms. The molecule has 1 fully saturated rings. The van der Waals surface area contributed by atoms with Crippen molar-refractivity contribution in [2.45, 2.75) is 17.8 Å². The number of benzene rings is 2. The van der Waals surface area contributed by atoms with Gasteiger partial charge in [-0.2, -0.15) is 0 Å². The summed E-state index contributed by atoms with van der Waals surface area (Å²) in [7, 11) is 0. The average Bonchev–Trinajstić information content (AvgIpc) is 2.97. The van der Waals surface area contributed by atoms with Gasteiger partial charge in [-0.05, 0) is 24.3 Å². The van der Waals surface area contributed by atoms with E-state index in [0.717, 1.165) is 36.4 Å². The second-order valence-corrected chi connectivity index (χ2v) is 7.27. The van der Waals surface area contributed by atoms with E-state index in [1.807, 2.05) is 0 Å². The van der Waals surface area contributed by atoms with Crippen LogP contribution in [0.25, 0.3) is 0 Å². The summed E-state index contributed by atoms with van der Waals surface area (Å²) in [6.07, 6.45) is -2.44. The Kier molecular flexibility index (Phi) is 6.20. The molecule has 3 rings (SSSR count). The molecule has 8 N–H and O–H groups in total. The molecule has 1 saturated heterocycles. The number of aliphatic hydroxyl groups excluding tert-OH is 1. The van der Waals surface area contributed by atoms with Gasteiger partial charge in [0.05, 0.1) is 13.2 Å². The number of nitrogens with one attached hydrogen (secondary N) is 2. The lowest BCUT2D eigenvalue weighted by atomic mass is 9.96. The number of aliphatic hydroxyl groups is 2. The van der Waals surface area contributed by atoms with E-state index in [4.69, 9.17) is 4.74 Å². The molecule has 0 saturated carbocycles. The summed E-state index contributed by atoms with van der Waals surface area (Å²) in [4.78, 5) is 24.4. The zero-order chi connectivity index (χ0) is 22.8. The molecule has 1 heterocycles. The van der Waals surface area contributed by atoms with Crippen molar-refractivity contribution in [2.24, 2.45) is 0 Å². The lowest BCUT2D eigenvalue weighted by Crippen LogP contribution is -2.53. The summed E-state index contributed by atoms with van der Waals surface area (Å²) in [6, 6.07) is 6.65. The van der Waals surface area contributed by atoms with Gasteiger partial charge in [-0.15, -0.1) is 0 Å². The van der Waals surface area contributed by atoms with E-state index in [9.17, 15) is 40.2 Å². The standard InChI is InChI=1S/C20H22N2O9/c23-12-1-10(2-13(24)5-12)18(28)21-7-16-17(27)20(30,9-31-16)8-22-19(29)11-3-14(25)6-15(26)4-11/h1-6,16-17,23-27,30H,7-9H2,(H,21,28)(H,22,29)/t16-,17-,20+/m1/s1. The van der Waals surface area contributed by atoms with E-state index in [2.05, 4.69) is 10.6 Å². The summed E-state index contributed by atoms with van der Waals surface area (Å²) in [5, 5.41) is 63.7. The molecule has 0 unspecified atom stereocenters. The van der Waals surface area contributed by atoms with Crippen LogP contribution in [-0.2, 0) is 4.74 Å². The van der Waals surface area contributed by atoms with Gasteiger partial charge in [0.2, 0.25) is 0 Å². The highest BCUT2D eigenvalue weighted by atomic mass is 16.5. The monoisotopic (exact) mass is 434 g/mol. The number of phenolic OH excluding ortho intramolecular Hbond substituents is 4. The third-order valence-corrected chi connectivity index (χ3v) is 4.80. The minimum atomic E-state index is -1.84. The number of hydrogen-bond acceptors (Lipinski definition) is 9. The highest BCUT2D eigenvalue weighted by molar-refractivity contribution is 5.95. The van der Waals surface area contributed by atoms with Crippen LogP contribution in [0.2, 0.25) is 0 Å². The van der Waals surface area contributed by atoms with Crippen LogP contribution in [0.15, 0.2) is 36.4 Å². The van der Waals surface area contributed by atoms with E-state index in [1.165, 1.54) is 0 Å². The molecule has 2 aromatic rings. The SMILES string of the molecule is O=C(NC[C@H]1OC[C@@](O)(CNC(=O)c2cc(O)cc(O)c2)[C@@H]1O)c1cc(O)cc(O)c1. The third kappa shape index (κ3) is 5.15. The molecule has 11 nitrogen and oxygen atoms in total. The molecule has 31 heavy (non-hydrogen) atoms. The van der Waals surface area contributed by atoms with Gasteiger partial charge in [0, 0.05) is 29.8 Å². The lowest BCUT2D eigenvalue weighted by molar-refractivity contribution is -0.0464. The van der Waals surface area contributed by atoms with Crippen molar-refractivity contribution in [1.82, 2.24) is 10.6 Å². The van der Waals surface area contributed by atoms with Crippen LogP contribution in [0.1, 0.15) is 20.7 Å². The second-order valence-electron chi connectivity index (χ2n) is 7.27. The molecule has 166 valence electrons. The van der Waals surface area contributed by atoms with Gasteiger partial charge in [0.25, 0.3) is 11.8 Å². The van der Waals surface area contributed by atoms with Crippen LogP contribution in [0, 0.1) is 0 Å². The Morgan fingerprint density at radius 1 is 0.871 bits per heavy atom. The van der Waals surface area contributed by atoms with Crippen LogP contribution in [0.4, 0.5) is 0 Å². The topological polar surface area (TPSA) is 189 Å². The largest absolute Gasteiger partial charge is 0.508 e. The summed E-state index contributed by atoms with van der Waals surface area (Å²) in [5.74, 6) is -2.57. The van der Waals surface area contributed by atoms with Gasteiger partial charge >= 0.3 is 0 Å². The average molecular weight is 434 g/mol. The highest BCUT2D eigenvalue weighted by Gasteiger charge is 2.48. The molecule has 1 aliphatic heterocycles. The molecule has 0 aliphatic carbocycles. The lowest BCUT2D eigenvalue weighted by Gasteiger charge is -2.26. The minimum Gasteiger partial charge on any atom is -0.508 e. The zero-order valence-electron chi connectivity index (χ0n) is 16.1. The molecular formula is C20H22N2O9. The van der Waals surface area contributed by atoms with Gasteiger partial charge in [-0.1, -0.05) is 0 Å². The molecule has 0 aromatic heterocycles. The number of hydrogen-bond donors (Lipinski definition) is 8. The number of rotatable bonds is 6. The fraction of sp³-hybridized carbons (Fsp3) is 0.300. The fourth-order valence-corrected chi connectivity index (χ4v) is 3.18. The molecule has 3 atom stereocenters. The minimum absolute atomic E-state index is 0.0121. The predicted molar refractivity (Wildman–Crippen MR) is 105 cm³/mol. The number of carbonyl (C=O) groups is 2. The predicted octanol–water partition coefficient (Wildman–Crippen LogP) is -0.840. The maximum absolute atomic E-state index is 12.2. The Hall–Kier alpha value is -3.54. The van der Waals surface area contributed by atoms with Gasteiger partial charge in [0.15, 0.2) is 0 Å². The zero-order valence-corrected chi connectivity index (χ0v) is 16.1. The molecule has 0 spiro atoms. The van der Waals surface area contributed by atoms with E-state index < -0.39 is 36.2 Å². The van der Waals surface area contributed by atoms with Crippen LogP contribution in [0.5, 0.6) is 23.0 Å². The highest BCUT2D eigenvalue weighted by Crippen LogP contribution is 2.25. The Bertz CT molecular complexity index is 956. The second kappa shape index (κ2) is 8.68. The number of ether oxygens (including phenoxy) is 1. The summed E-state index contributed by atoms with van der Waals surface area (Å²) >= 11 is 0. The van der Waals surface area contributed by atoms with E-state index in [1.54, 1.807) is 0 Å². The molecule has 2 aromatic carbocycles. The summed E-state index contributed by atoms with van der Waals surface area (Å²) < 4.78 is 5.35. The first-order chi connectivity index (χ1) is 14.6. The third-order valence-electron chi connectivity index (χ3n) is 4.80. The Balaban J connectivity index is 1.56. The van der Waals surface area contributed by atoms with Crippen molar-refractivity contribution in [1.29, 1.82) is 0 Å². The van der Waals surface area contributed by atoms with E-state index in [-0.39, 0.29) is 47.3 Å². The van der Waals surface area contributed by atoms with Gasteiger partial charge in [-0.25, -0.2) is 0 Å². The fourth-order valence-electron chi connectivity index (χ4n) is 3.18. The van der Waals surface area contributed by atoms with Crippen molar-refractivity contribution < 1.29 is 45.0 Å². The number of amides is 2. The number of aromatic hydroxyl groups is 4. The van der Waals surface area contributed by atoms with Gasteiger partial charge in [0.1, 0.15) is 40.8 Å². The van der Waals surface area contributed by atoms with Crippen molar-refractivity contribution in [3.8, 4) is 23.0 Å². The Morgan fingerprint density at radius 3 is 1.81 bits per heavy atom. The Morgan fingerprint density at radius 2 is 1.32 bits per heavy atom. The van der Waals surface area contributed by atoms with Gasteiger partial charge < -0.3 is 46.0 Å². The van der Waals surface area contributed by atoms with Crippen LogP contribution in [-0.4, -0.2) is 80.0 Å². The molecule has 2 amide bonds. The van der Waals surface area contributed by atoms with E-state index >= 15 is 0 Å². The van der Waals surface area contributed by atoms with Crippen molar-refractivity contribution in [2.75, 3.05) is 19.7 Å². The normalized spacial score (nSPS) is 22.8. The summed E-state index contributed by atoms with van der Waals surface area (Å²) in [5.41, 5.74) is -1.90. The van der Waals surface area contributed by atoms with Crippen molar-refractivity contribution >= 4 is 11.8 Å². The molecular weight excluding hydrogens is 412 g/mol. The smallest absolute Gasteiger partial charge is 0.251 e. The maximum atomic E-state index is 12.2. The molecule has 11 heteroatoms. The molecule has 0 radical (unpaired) electrons. The van der Waals surface area contributed by atoms with Gasteiger partial charge in [-0.3, -0.25) is 9.59 Å². The first-order valence-corrected chi connectivity index (χ1v) is 9.22. The first kappa shape index (κ1) is 22.2. The number of carbonyl (C=O) groups excluding carboxylic acids is 2. The first-order valence-electron chi connectivity index (χ1n) is 9.22. The Labute approximate surface area is 176 Å². The van der Waals surface area contributed by atoms with Crippen molar-refractivity contribution in [3.05, 3.63) is 47.5 Å². The van der Waals surface area contributed by atoms with Crippen molar-refractivity contribution in [3.63, 3.8) is 0 Å². The maximum Gasteiger partial charge on any atom is 0.251 e. The van der Waals surface area contributed by atoms with E-state index in [0.29, 0.717) is 0 Å². The van der Waals surface area contributed by atoms with Crippen LogP contribution < -0.4 is 10.6 Å². The van der Waals surface area contributed by atoms with Crippen LogP contribution >= 0.6 is 0 Å². The summed E-state index contributed by atoms with van der Waals surface area (Å²) in [6.45, 7) is -0.908.